The van der Waals surface area contributed by atoms with E-state index in [-0.39, 0.29) is 0 Å². The molecule has 5 heteroatoms. The maximum atomic E-state index is 5.87. The topological polar surface area (TPSA) is 48.4 Å². The number of ether oxygens (including phenoxy) is 1. The van der Waals surface area contributed by atoms with Crippen molar-refractivity contribution in [1.29, 1.82) is 0 Å². The summed E-state index contributed by atoms with van der Waals surface area (Å²) in [6, 6.07) is 6.89. The molecule has 0 unspecified atom stereocenters. The average molecular weight is 272 g/mol. The van der Waals surface area contributed by atoms with Crippen molar-refractivity contribution in [1.82, 2.24) is 0 Å². The van der Waals surface area contributed by atoms with Gasteiger partial charge in [-0.1, -0.05) is 23.2 Å². The van der Waals surface area contributed by atoms with Crippen molar-refractivity contribution in [2.24, 2.45) is 5.73 Å². The van der Waals surface area contributed by atoms with Gasteiger partial charge in [0.05, 0.1) is 12.8 Å². The van der Waals surface area contributed by atoms with E-state index in [0.717, 1.165) is 11.3 Å². The minimum Gasteiger partial charge on any atom is -0.489 e. The Morgan fingerprint density at radius 3 is 2.53 bits per heavy atom. The number of halogens is 2. The first-order valence-corrected chi connectivity index (χ1v) is 5.79. The molecule has 0 aliphatic rings. The van der Waals surface area contributed by atoms with Crippen LogP contribution in [0.4, 0.5) is 0 Å². The summed E-state index contributed by atoms with van der Waals surface area (Å²) in [6.45, 7) is 0.724. The number of hydrogen-bond acceptors (Lipinski definition) is 3. The lowest BCUT2D eigenvalue weighted by Crippen LogP contribution is -2.01. The lowest BCUT2D eigenvalue weighted by Gasteiger charge is -2.06. The molecule has 0 fully saturated rings. The Labute approximate surface area is 109 Å². The summed E-state index contributed by atoms with van der Waals surface area (Å²) in [5.41, 5.74) is 6.44. The number of nitrogens with two attached hydrogens (primary N) is 1. The molecule has 3 nitrogen and oxygen atoms in total. The Hall–Kier alpha value is -1.16. The van der Waals surface area contributed by atoms with Gasteiger partial charge >= 0.3 is 0 Å². The highest BCUT2D eigenvalue weighted by Crippen LogP contribution is 2.25. The third-order valence-electron chi connectivity index (χ3n) is 2.25. The van der Waals surface area contributed by atoms with Gasteiger partial charge in [-0.25, -0.2) is 0 Å². The summed E-state index contributed by atoms with van der Waals surface area (Å²) in [7, 11) is 0. The fourth-order valence-corrected chi connectivity index (χ4v) is 1.95. The summed E-state index contributed by atoms with van der Waals surface area (Å²) in [4.78, 5) is 0. The molecular formula is C12H11Cl2NO2. The maximum Gasteiger partial charge on any atom is 0.123 e. The van der Waals surface area contributed by atoms with E-state index in [0.29, 0.717) is 28.9 Å². The van der Waals surface area contributed by atoms with Crippen LogP contribution in [-0.2, 0) is 13.2 Å². The van der Waals surface area contributed by atoms with E-state index in [1.54, 1.807) is 24.5 Å². The molecule has 0 saturated heterocycles. The van der Waals surface area contributed by atoms with Crippen LogP contribution in [-0.4, -0.2) is 0 Å². The van der Waals surface area contributed by atoms with E-state index in [1.807, 2.05) is 6.07 Å². The third kappa shape index (κ3) is 3.16. The van der Waals surface area contributed by atoms with E-state index < -0.39 is 0 Å². The molecule has 0 radical (unpaired) electrons. The minimum absolute atomic E-state index is 0.349. The molecule has 2 aromatic rings. The largest absolute Gasteiger partial charge is 0.489 e. The molecule has 2 N–H and O–H groups in total. The summed E-state index contributed by atoms with van der Waals surface area (Å²) in [6.07, 6.45) is 1.59. The molecule has 17 heavy (non-hydrogen) atoms. The van der Waals surface area contributed by atoms with Crippen LogP contribution in [0.25, 0.3) is 0 Å². The fourth-order valence-electron chi connectivity index (χ4n) is 1.45. The molecule has 0 bridgehead atoms. The highest BCUT2D eigenvalue weighted by Gasteiger charge is 2.06. The number of rotatable bonds is 4. The molecule has 0 aliphatic heterocycles. The molecule has 1 aromatic heterocycles. The highest BCUT2D eigenvalue weighted by molar-refractivity contribution is 6.34. The lowest BCUT2D eigenvalue weighted by molar-refractivity contribution is 0.302. The van der Waals surface area contributed by atoms with Crippen LogP contribution >= 0.6 is 23.2 Å². The Morgan fingerprint density at radius 2 is 1.88 bits per heavy atom. The van der Waals surface area contributed by atoms with Crippen LogP contribution in [0.5, 0.6) is 5.75 Å². The van der Waals surface area contributed by atoms with Crippen molar-refractivity contribution in [3.63, 3.8) is 0 Å². The second-order valence-electron chi connectivity index (χ2n) is 3.47. The molecular weight excluding hydrogens is 261 g/mol. The van der Waals surface area contributed by atoms with Crippen molar-refractivity contribution >= 4 is 23.2 Å². The zero-order chi connectivity index (χ0) is 12.3. The van der Waals surface area contributed by atoms with Gasteiger partial charge in [-0.2, -0.15) is 0 Å². The first kappa shape index (κ1) is 12.3. The quantitative estimate of drug-likeness (QED) is 0.924. The molecule has 0 spiro atoms. The van der Waals surface area contributed by atoms with E-state index in [1.165, 1.54) is 0 Å². The van der Waals surface area contributed by atoms with Gasteiger partial charge < -0.3 is 14.9 Å². The number of furan rings is 1. The first-order valence-electron chi connectivity index (χ1n) is 5.03. The van der Waals surface area contributed by atoms with Gasteiger partial charge in [-0.15, -0.1) is 0 Å². The summed E-state index contributed by atoms with van der Waals surface area (Å²) in [5, 5.41) is 1.08. The van der Waals surface area contributed by atoms with Gasteiger partial charge in [0.15, 0.2) is 0 Å². The summed E-state index contributed by atoms with van der Waals surface area (Å²) < 4.78 is 10.8. The van der Waals surface area contributed by atoms with Crippen molar-refractivity contribution < 1.29 is 9.15 Å². The van der Waals surface area contributed by atoms with Gasteiger partial charge in [0, 0.05) is 15.6 Å². The monoisotopic (exact) mass is 271 g/mol. The summed E-state index contributed by atoms with van der Waals surface area (Å²) in [5.74, 6) is 1.34. The van der Waals surface area contributed by atoms with Gasteiger partial charge in [0.2, 0.25) is 0 Å². The van der Waals surface area contributed by atoms with E-state index in [9.17, 15) is 0 Å². The molecule has 2 rings (SSSR count). The Morgan fingerprint density at radius 1 is 1.18 bits per heavy atom. The van der Waals surface area contributed by atoms with Crippen LogP contribution < -0.4 is 10.5 Å². The van der Waals surface area contributed by atoms with Crippen LogP contribution in [0.15, 0.2) is 34.9 Å². The van der Waals surface area contributed by atoms with Gasteiger partial charge in [0.25, 0.3) is 0 Å². The Bertz CT molecular complexity index is 491. The second kappa shape index (κ2) is 5.45. The fraction of sp³-hybridized carbons (Fsp3) is 0.167. The molecule has 90 valence electrons. The predicted octanol–water partition coefficient (Wildman–Crippen LogP) is 3.62. The normalized spacial score (nSPS) is 10.5. The second-order valence-corrected chi connectivity index (χ2v) is 4.34. The van der Waals surface area contributed by atoms with Crippen molar-refractivity contribution in [3.05, 3.63) is 51.9 Å². The number of benzene rings is 1. The molecule has 1 aromatic carbocycles. The Kier molecular flexibility index (Phi) is 3.94. The minimum atomic E-state index is 0.349. The van der Waals surface area contributed by atoms with Crippen LogP contribution in [0, 0.1) is 0 Å². The molecule has 0 aliphatic carbocycles. The first-order chi connectivity index (χ1) is 8.19. The van der Waals surface area contributed by atoms with Gasteiger partial charge in [0.1, 0.15) is 18.1 Å². The predicted molar refractivity (Wildman–Crippen MR) is 67.4 cm³/mol. The third-order valence-corrected chi connectivity index (χ3v) is 2.69. The van der Waals surface area contributed by atoms with E-state index in [4.69, 9.17) is 38.1 Å². The standard InChI is InChI=1S/C12H11Cl2NO2/c13-9-3-10(14)5-11(4-9)17-7-8-1-2-16-12(8)6-15/h1-5H,6-7,15H2. The van der Waals surface area contributed by atoms with Crippen molar-refractivity contribution in [2.75, 3.05) is 0 Å². The zero-order valence-electron chi connectivity index (χ0n) is 8.95. The van der Waals surface area contributed by atoms with Crippen LogP contribution in [0.3, 0.4) is 0 Å². The number of hydrogen-bond donors (Lipinski definition) is 1. The average Bonchev–Trinajstić information content (AvgIpc) is 2.72. The zero-order valence-corrected chi connectivity index (χ0v) is 10.5. The molecule has 0 atom stereocenters. The van der Waals surface area contributed by atoms with E-state index in [2.05, 4.69) is 0 Å². The smallest absolute Gasteiger partial charge is 0.123 e. The van der Waals surface area contributed by atoms with Crippen molar-refractivity contribution in [2.45, 2.75) is 13.2 Å². The van der Waals surface area contributed by atoms with Gasteiger partial charge in [-0.3, -0.25) is 0 Å². The molecule has 1 heterocycles. The lowest BCUT2D eigenvalue weighted by atomic mass is 10.2. The van der Waals surface area contributed by atoms with Crippen LogP contribution in [0.2, 0.25) is 10.0 Å². The highest BCUT2D eigenvalue weighted by atomic mass is 35.5. The molecule has 0 saturated carbocycles. The summed E-state index contributed by atoms with van der Waals surface area (Å²) >= 11 is 11.7. The molecule has 0 amide bonds. The SMILES string of the molecule is NCc1occc1COc1cc(Cl)cc(Cl)c1. The van der Waals surface area contributed by atoms with Gasteiger partial charge in [-0.05, 0) is 24.3 Å². The van der Waals surface area contributed by atoms with E-state index >= 15 is 0 Å². The van der Waals surface area contributed by atoms with Crippen molar-refractivity contribution in [3.8, 4) is 5.75 Å². The van der Waals surface area contributed by atoms with Crippen LogP contribution in [0.1, 0.15) is 11.3 Å². The Balaban J connectivity index is 2.07. The maximum absolute atomic E-state index is 5.87.